The van der Waals surface area contributed by atoms with Gasteiger partial charge < -0.3 is 14.6 Å². The number of para-hydroxylation sites is 1. The minimum Gasteiger partial charge on any atom is -0.494 e. The summed E-state index contributed by atoms with van der Waals surface area (Å²) in [6, 6.07) is 6.15. The fourth-order valence-electron chi connectivity index (χ4n) is 3.90. The summed E-state index contributed by atoms with van der Waals surface area (Å²) in [5.41, 5.74) is -1.48. The van der Waals surface area contributed by atoms with Crippen LogP contribution in [0.3, 0.4) is 0 Å². The quantitative estimate of drug-likeness (QED) is 0.410. The van der Waals surface area contributed by atoms with E-state index >= 15 is 0 Å². The number of rotatable bonds is 6. The summed E-state index contributed by atoms with van der Waals surface area (Å²) in [6.45, 7) is 7.20. The Hall–Kier alpha value is -4.19. The molecule has 4 rings (SSSR count). The molecule has 0 saturated heterocycles. The zero-order chi connectivity index (χ0) is 26.1. The number of aromatic amines is 2. The van der Waals surface area contributed by atoms with Gasteiger partial charge in [-0.1, -0.05) is 29.5 Å². The van der Waals surface area contributed by atoms with Crippen LogP contribution in [0.2, 0.25) is 0 Å². The number of carbonyl (C=O) groups is 1. The predicted molar refractivity (Wildman–Crippen MR) is 132 cm³/mol. The van der Waals surface area contributed by atoms with Gasteiger partial charge in [0.25, 0.3) is 11.1 Å². The van der Waals surface area contributed by atoms with E-state index in [-0.39, 0.29) is 33.2 Å². The number of nitrogens with zero attached hydrogens (tertiary/aromatic N) is 2. The van der Waals surface area contributed by atoms with Crippen molar-refractivity contribution in [2.75, 3.05) is 6.61 Å². The average Bonchev–Trinajstić information content (AvgIpc) is 3.10. The van der Waals surface area contributed by atoms with Crippen LogP contribution in [-0.2, 0) is 9.53 Å². The highest BCUT2D eigenvalue weighted by atomic mass is 32.1. The number of nitrogens with one attached hydrogen (secondary N) is 2. The number of aromatic nitrogens is 3. The molecule has 36 heavy (non-hydrogen) atoms. The summed E-state index contributed by atoms with van der Waals surface area (Å²) in [5.74, 6) is -0.810. The number of hydrogen-bond acceptors (Lipinski definition) is 9. The van der Waals surface area contributed by atoms with Crippen molar-refractivity contribution in [3.05, 3.63) is 87.2 Å². The van der Waals surface area contributed by atoms with E-state index in [1.807, 2.05) is 18.8 Å². The third kappa shape index (κ3) is 4.54. The van der Waals surface area contributed by atoms with Crippen LogP contribution in [0.15, 0.2) is 54.9 Å². The van der Waals surface area contributed by atoms with Gasteiger partial charge in [-0.2, -0.15) is 0 Å². The Kier molecular flexibility index (Phi) is 6.80. The smallest absolute Gasteiger partial charge is 0.338 e. The standard InChI is InChI=1S/C24H24N4O7S/c1-5-34-22(32)17-12(4)25-24-28(18(17)13-8-6-7-9-15(13)35-11(2)3)21(31)16(36-24)10-14-19(29)26-23(33)27-20(14)30/h6-11,18H,5H2,1-4H3,(H3,26,27,29,30,33)/b16-10-/t18-/m0/s1. The lowest BCUT2D eigenvalue weighted by Gasteiger charge is -2.26. The summed E-state index contributed by atoms with van der Waals surface area (Å²) < 4.78 is 12.7. The Labute approximate surface area is 207 Å². The zero-order valence-electron chi connectivity index (χ0n) is 19.9. The molecule has 3 heterocycles. The number of benzene rings is 1. The van der Waals surface area contributed by atoms with Crippen LogP contribution in [-0.4, -0.2) is 38.3 Å². The van der Waals surface area contributed by atoms with Gasteiger partial charge in [0.1, 0.15) is 17.4 Å². The first-order valence-electron chi connectivity index (χ1n) is 11.1. The molecule has 1 aromatic carbocycles. The molecule has 12 heteroatoms. The maximum absolute atomic E-state index is 13.7. The Morgan fingerprint density at radius 3 is 2.64 bits per heavy atom. The fourth-order valence-corrected chi connectivity index (χ4v) is 4.93. The van der Waals surface area contributed by atoms with Gasteiger partial charge in [-0.3, -0.25) is 24.1 Å². The van der Waals surface area contributed by atoms with E-state index < -0.39 is 34.7 Å². The number of thiazole rings is 1. The lowest BCUT2D eigenvalue weighted by Crippen LogP contribution is -2.40. The van der Waals surface area contributed by atoms with Crippen LogP contribution in [0.4, 0.5) is 0 Å². The minimum atomic E-state index is -0.917. The number of H-pyrrole nitrogens is 2. The van der Waals surface area contributed by atoms with Gasteiger partial charge in [0.2, 0.25) is 5.88 Å². The van der Waals surface area contributed by atoms with E-state index in [0.29, 0.717) is 17.0 Å². The van der Waals surface area contributed by atoms with Crippen LogP contribution < -0.4 is 30.9 Å². The molecule has 0 unspecified atom stereocenters. The number of carbonyl (C=O) groups excluding carboxylic acids is 1. The predicted octanol–water partition coefficient (Wildman–Crippen LogP) is 0.668. The molecule has 0 fully saturated rings. The van der Waals surface area contributed by atoms with Gasteiger partial charge in [0.15, 0.2) is 4.80 Å². The third-order valence-electron chi connectivity index (χ3n) is 5.33. The highest BCUT2D eigenvalue weighted by Crippen LogP contribution is 2.36. The van der Waals surface area contributed by atoms with Crippen molar-refractivity contribution >= 4 is 23.4 Å². The number of hydrogen-bond donors (Lipinski definition) is 3. The summed E-state index contributed by atoms with van der Waals surface area (Å²) in [4.78, 5) is 59.2. The van der Waals surface area contributed by atoms with Crippen LogP contribution in [0.1, 0.15) is 44.9 Å². The first kappa shape index (κ1) is 24.9. The fraction of sp³-hybridized carbons (Fsp3) is 0.292. The maximum atomic E-state index is 13.7. The molecule has 0 bridgehead atoms. The molecular formula is C24H24N4O7S. The maximum Gasteiger partial charge on any atom is 0.338 e. The van der Waals surface area contributed by atoms with Crippen molar-refractivity contribution < 1.29 is 19.4 Å². The van der Waals surface area contributed by atoms with Crippen LogP contribution in [0, 0.1) is 0 Å². The van der Waals surface area contributed by atoms with Gasteiger partial charge in [0, 0.05) is 5.56 Å². The molecule has 0 aliphatic carbocycles. The summed E-state index contributed by atoms with van der Waals surface area (Å²) in [7, 11) is 0. The number of ether oxygens (including phenoxy) is 2. The molecule has 3 aromatic rings. The second kappa shape index (κ2) is 9.82. The average molecular weight is 513 g/mol. The summed E-state index contributed by atoms with van der Waals surface area (Å²) >= 11 is 0.973. The monoisotopic (exact) mass is 512 g/mol. The number of esters is 1. The molecule has 1 atom stereocenters. The van der Waals surface area contributed by atoms with Gasteiger partial charge in [0.05, 0.1) is 28.5 Å². The molecule has 0 radical (unpaired) electrons. The van der Waals surface area contributed by atoms with Gasteiger partial charge in [-0.15, -0.1) is 0 Å². The van der Waals surface area contributed by atoms with Crippen LogP contribution in [0.5, 0.6) is 11.6 Å². The van der Waals surface area contributed by atoms with Crippen molar-refractivity contribution in [2.24, 2.45) is 4.99 Å². The number of allylic oxidation sites excluding steroid dienone is 1. The van der Waals surface area contributed by atoms with Crippen molar-refractivity contribution in [3.8, 4) is 11.6 Å². The second-order valence-corrected chi connectivity index (χ2v) is 9.19. The second-order valence-electron chi connectivity index (χ2n) is 8.18. The van der Waals surface area contributed by atoms with Gasteiger partial charge in [-0.05, 0) is 39.8 Å². The number of fused-ring (bicyclic) bond motifs is 1. The highest BCUT2D eigenvalue weighted by Gasteiger charge is 2.35. The topological polar surface area (TPSA) is 156 Å². The highest BCUT2D eigenvalue weighted by molar-refractivity contribution is 7.07. The molecule has 11 nitrogen and oxygen atoms in total. The summed E-state index contributed by atoms with van der Waals surface area (Å²) in [6.07, 6.45) is 0.998. The first-order valence-corrected chi connectivity index (χ1v) is 11.9. The summed E-state index contributed by atoms with van der Waals surface area (Å²) in [5, 5.41) is 10.1. The zero-order valence-corrected chi connectivity index (χ0v) is 20.8. The molecule has 1 aliphatic heterocycles. The lowest BCUT2D eigenvalue weighted by molar-refractivity contribution is -0.139. The Morgan fingerprint density at radius 2 is 1.97 bits per heavy atom. The minimum absolute atomic E-state index is 0.0618. The SMILES string of the molecule is CCOC(=O)C1=C(C)N=c2s/c(=C\c3c(O)[nH]c(=O)[nH]c3=O)c(=O)n2[C@H]1c1ccccc1OC(C)C. The molecule has 0 spiro atoms. The van der Waals surface area contributed by atoms with E-state index in [4.69, 9.17) is 9.47 Å². The van der Waals surface area contributed by atoms with Gasteiger partial charge in [-0.25, -0.2) is 14.6 Å². The van der Waals surface area contributed by atoms with Crippen molar-refractivity contribution in [1.29, 1.82) is 0 Å². The molecular weight excluding hydrogens is 488 g/mol. The normalized spacial score (nSPS) is 15.6. The molecule has 3 N–H and O–H groups in total. The lowest BCUT2D eigenvalue weighted by atomic mass is 9.95. The Morgan fingerprint density at radius 1 is 1.25 bits per heavy atom. The van der Waals surface area contributed by atoms with Crippen LogP contribution >= 0.6 is 11.3 Å². The molecule has 2 aromatic heterocycles. The third-order valence-corrected chi connectivity index (χ3v) is 6.31. The Bertz CT molecular complexity index is 1670. The van der Waals surface area contributed by atoms with Crippen molar-refractivity contribution in [2.45, 2.75) is 39.8 Å². The van der Waals surface area contributed by atoms with Crippen molar-refractivity contribution in [3.63, 3.8) is 0 Å². The van der Waals surface area contributed by atoms with E-state index in [2.05, 4.69) is 9.98 Å². The number of aromatic hydroxyl groups is 1. The van der Waals surface area contributed by atoms with E-state index in [1.165, 1.54) is 10.6 Å². The van der Waals surface area contributed by atoms with Gasteiger partial charge >= 0.3 is 11.7 Å². The Balaban J connectivity index is 2.03. The first-order chi connectivity index (χ1) is 17.1. The molecule has 0 amide bonds. The molecule has 0 saturated carbocycles. The molecule has 1 aliphatic rings. The van der Waals surface area contributed by atoms with E-state index in [9.17, 15) is 24.3 Å². The van der Waals surface area contributed by atoms with Crippen LogP contribution in [0.25, 0.3) is 6.08 Å². The van der Waals surface area contributed by atoms with E-state index in [1.54, 1.807) is 38.1 Å². The van der Waals surface area contributed by atoms with Crippen molar-refractivity contribution in [1.82, 2.24) is 14.5 Å². The largest absolute Gasteiger partial charge is 0.494 e. The molecule has 188 valence electrons. The van der Waals surface area contributed by atoms with E-state index in [0.717, 1.165) is 11.3 Å².